The number of nitrogens with one attached hydrogen (secondary N) is 1. The number of rotatable bonds is 2. The summed E-state index contributed by atoms with van der Waals surface area (Å²) in [6, 6.07) is 0. The van der Waals surface area contributed by atoms with Crippen LogP contribution in [0.4, 0.5) is 0 Å². The van der Waals surface area contributed by atoms with Crippen LogP contribution in [0.2, 0.25) is 0 Å². The van der Waals surface area contributed by atoms with Gasteiger partial charge in [0.05, 0.1) is 6.10 Å². The zero-order valence-corrected chi connectivity index (χ0v) is 16.2. The summed E-state index contributed by atoms with van der Waals surface area (Å²) in [5.41, 5.74) is 0.572. The zero-order valence-electron chi connectivity index (χ0n) is 13.9. The zero-order chi connectivity index (χ0) is 14.7. The molecule has 2 saturated carbocycles. The molecule has 0 aromatic rings. The van der Waals surface area contributed by atoms with Crippen LogP contribution >= 0.6 is 24.0 Å². The Bertz CT molecular complexity index is 382. The average Bonchev–Trinajstić information content (AvgIpc) is 3.08. The molecule has 22 heavy (non-hydrogen) atoms. The first-order valence-electron chi connectivity index (χ1n) is 8.86. The van der Waals surface area contributed by atoms with Crippen LogP contribution in [0.1, 0.15) is 57.8 Å². The second-order valence-corrected chi connectivity index (χ2v) is 7.42. The largest absolute Gasteiger partial charge is 0.393 e. The molecule has 3 aliphatic rings. The Morgan fingerprint density at radius 2 is 1.95 bits per heavy atom. The van der Waals surface area contributed by atoms with Gasteiger partial charge >= 0.3 is 0 Å². The molecule has 3 rings (SSSR count). The van der Waals surface area contributed by atoms with Gasteiger partial charge in [-0.1, -0.05) is 25.7 Å². The Labute approximate surface area is 152 Å². The number of halogens is 1. The lowest BCUT2D eigenvalue weighted by Crippen LogP contribution is -2.44. The second kappa shape index (κ2) is 8.18. The van der Waals surface area contributed by atoms with Crippen LogP contribution in [-0.4, -0.2) is 48.8 Å². The van der Waals surface area contributed by atoms with Gasteiger partial charge in [0.25, 0.3) is 0 Å². The van der Waals surface area contributed by atoms with E-state index in [1.54, 1.807) is 0 Å². The third-order valence-corrected chi connectivity index (χ3v) is 6.01. The SMILES string of the molecule is CN=C(NCC1CCCC1O)N1CCC2(CCCCC2)C1.I. The highest BCUT2D eigenvalue weighted by molar-refractivity contribution is 14.0. The van der Waals surface area contributed by atoms with Crippen LogP contribution < -0.4 is 5.32 Å². The lowest BCUT2D eigenvalue weighted by atomic mass is 9.73. The number of aliphatic hydroxyl groups is 1. The van der Waals surface area contributed by atoms with Crippen molar-refractivity contribution in [2.75, 3.05) is 26.7 Å². The summed E-state index contributed by atoms with van der Waals surface area (Å²) in [7, 11) is 1.89. The molecule has 1 aliphatic heterocycles. The summed E-state index contributed by atoms with van der Waals surface area (Å²) < 4.78 is 0. The minimum atomic E-state index is -0.112. The standard InChI is InChI=1S/C17H31N3O.HI/c1-18-16(19-12-14-6-5-7-15(14)21)20-11-10-17(13-20)8-3-2-4-9-17;/h14-15,21H,2-13H2,1H3,(H,18,19);1H. The Kier molecular flexibility index (Phi) is 6.80. The first kappa shape index (κ1) is 18.3. The summed E-state index contributed by atoms with van der Waals surface area (Å²) in [5, 5.41) is 13.5. The lowest BCUT2D eigenvalue weighted by Gasteiger charge is -2.33. The molecule has 2 N–H and O–H groups in total. The second-order valence-electron chi connectivity index (χ2n) is 7.42. The van der Waals surface area contributed by atoms with Crippen molar-refractivity contribution < 1.29 is 5.11 Å². The van der Waals surface area contributed by atoms with E-state index < -0.39 is 0 Å². The van der Waals surface area contributed by atoms with Gasteiger partial charge in [-0.05, 0) is 37.5 Å². The molecular weight excluding hydrogens is 389 g/mol. The van der Waals surface area contributed by atoms with Crippen molar-refractivity contribution in [2.45, 2.75) is 63.9 Å². The van der Waals surface area contributed by atoms with Crippen molar-refractivity contribution in [3.05, 3.63) is 0 Å². The molecule has 0 amide bonds. The Morgan fingerprint density at radius 3 is 2.59 bits per heavy atom. The lowest BCUT2D eigenvalue weighted by molar-refractivity contribution is 0.133. The fourth-order valence-electron chi connectivity index (χ4n) is 4.64. The van der Waals surface area contributed by atoms with Crippen molar-refractivity contribution in [2.24, 2.45) is 16.3 Å². The van der Waals surface area contributed by atoms with Gasteiger partial charge in [-0.15, -0.1) is 24.0 Å². The molecule has 0 aromatic carbocycles. The number of aliphatic imine (C=N–C) groups is 1. The van der Waals surface area contributed by atoms with E-state index in [2.05, 4.69) is 15.2 Å². The third-order valence-electron chi connectivity index (χ3n) is 6.01. The third kappa shape index (κ3) is 4.08. The van der Waals surface area contributed by atoms with Gasteiger partial charge < -0.3 is 15.3 Å². The molecule has 0 radical (unpaired) electrons. The van der Waals surface area contributed by atoms with Gasteiger partial charge in [-0.25, -0.2) is 0 Å². The maximum atomic E-state index is 9.95. The molecule has 5 heteroatoms. The topological polar surface area (TPSA) is 47.9 Å². The molecule has 0 bridgehead atoms. The molecule has 0 aromatic heterocycles. The van der Waals surface area contributed by atoms with Crippen LogP contribution in [0, 0.1) is 11.3 Å². The quantitative estimate of drug-likeness (QED) is 0.410. The van der Waals surface area contributed by atoms with E-state index in [9.17, 15) is 5.11 Å². The summed E-state index contributed by atoms with van der Waals surface area (Å²) in [6.07, 6.45) is 11.6. The van der Waals surface area contributed by atoms with Gasteiger partial charge in [-0.2, -0.15) is 0 Å². The van der Waals surface area contributed by atoms with E-state index in [0.29, 0.717) is 11.3 Å². The van der Waals surface area contributed by atoms with E-state index in [0.717, 1.165) is 31.9 Å². The highest BCUT2D eigenvalue weighted by Crippen LogP contribution is 2.43. The number of guanidine groups is 1. The number of aliphatic hydroxyl groups excluding tert-OH is 1. The number of hydrogen-bond acceptors (Lipinski definition) is 2. The number of hydrogen-bond donors (Lipinski definition) is 2. The van der Waals surface area contributed by atoms with Crippen LogP contribution in [-0.2, 0) is 0 Å². The fraction of sp³-hybridized carbons (Fsp3) is 0.941. The minimum absolute atomic E-state index is 0. The minimum Gasteiger partial charge on any atom is -0.393 e. The molecule has 3 fully saturated rings. The van der Waals surface area contributed by atoms with E-state index in [1.165, 1.54) is 51.5 Å². The van der Waals surface area contributed by atoms with Crippen molar-refractivity contribution in [1.82, 2.24) is 10.2 Å². The smallest absolute Gasteiger partial charge is 0.193 e. The molecule has 2 atom stereocenters. The van der Waals surface area contributed by atoms with Gasteiger partial charge in [0, 0.05) is 32.6 Å². The maximum absolute atomic E-state index is 9.95. The normalized spacial score (nSPS) is 31.4. The first-order chi connectivity index (χ1) is 10.2. The van der Waals surface area contributed by atoms with Crippen LogP contribution in [0.25, 0.3) is 0 Å². The molecule has 1 heterocycles. The Balaban J connectivity index is 0.00000176. The van der Waals surface area contributed by atoms with Crippen molar-refractivity contribution in [3.8, 4) is 0 Å². The van der Waals surface area contributed by atoms with E-state index in [4.69, 9.17) is 0 Å². The summed E-state index contributed by atoms with van der Waals surface area (Å²) >= 11 is 0. The molecular formula is C17H32IN3O. The summed E-state index contributed by atoms with van der Waals surface area (Å²) in [5.74, 6) is 1.46. The van der Waals surface area contributed by atoms with Gasteiger partial charge in [-0.3, -0.25) is 4.99 Å². The highest BCUT2D eigenvalue weighted by Gasteiger charge is 2.39. The van der Waals surface area contributed by atoms with Crippen molar-refractivity contribution >= 4 is 29.9 Å². The molecule has 2 unspecified atom stereocenters. The van der Waals surface area contributed by atoms with Crippen molar-refractivity contribution in [1.29, 1.82) is 0 Å². The molecule has 1 spiro atoms. The number of nitrogens with zero attached hydrogens (tertiary/aromatic N) is 2. The van der Waals surface area contributed by atoms with Gasteiger partial charge in [0.15, 0.2) is 5.96 Å². The maximum Gasteiger partial charge on any atom is 0.193 e. The van der Waals surface area contributed by atoms with Crippen LogP contribution in [0.5, 0.6) is 0 Å². The first-order valence-corrected chi connectivity index (χ1v) is 8.86. The van der Waals surface area contributed by atoms with Crippen molar-refractivity contribution in [3.63, 3.8) is 0 Å². The predicted octanol–water partition coefficient (Wildman–Crippen LogP) is 3.00. The summed E-state index contributed by atoms with van der Waals surface area (Å²) in [6.45, 7) is 3.20. The van der Waals surface area contributed by atoms with E-state index in [1.807, 2.05) is 7.05 Å². The molecule has 1 saturated heterocycles. The van der Waals surface area contributed by atoms with Crippen LogP contribution in [0.3, 0.4) is 0 Å². The van der Waals surface area contributed by atoms with E-state index >= 15 is 0 Å². The Morgan fingerprint density at radius 1 is 1.18 bits per heavy atom. The van der Waals surface area contributed by atoms with Gasteiger partial charge in [0.2, 0.25) is 0 Å². The van der Waals surface area contributed by atoms with E-state index in [-0.39, 0.29) is 30.1 Å². The number of likely N-dealkylation sites (tertiary alicyclic amines) is 1. The Hall–Kier alpha value is -0.0400. The predicted molar refractivity (Wildman–Crippen MR) is 102 cm³/mol. The fourth-order valence-corrected chi connectivity index (χ4v) is 4.64. The molecule has 128 valence electrons. The molecule has 4 nitrogen and oxygen atoms in total. The monoisotopic (exact) mass is 421 g/mol. The van der Waals surface area contributed by atoms with Crippen LogP contribution in [0.15, 0.2) is 4.99 Å². The summed E-state index contributed by atoms with van der Waals surface area (Å²) in [4.78, 5) is 6.93. The van der Waals surface area contributed by atoms with Gasteiger partial charge in [0.1, 0.15) is 0 Å². The molecule has 2 aliphatic carbocycles. The average molecular weight is 421 g/mol. The highest BCUT2D eigenvalue weighted by atomic mass is 127.